The molecule has 2 aromatic rings. The molecule has 0 saturated heterocycles. The van der Waals surface area contributed by atoms with E-state index >= 15 is 0 Å². The van der Waals surface area contributed by atoms with Gasteiger partial charge < -0.3 is 14.8 Å². The Morgan fingerprint density at radius 3 is 2.32 bits per heavy atom. The van der Waals surface area contributed by atoms with Gasteiger partial charge in [0.15, 0.2) is 6.61 Å². The fourth-order valence-corrected chi connectivity index (χ4v) is 2.58. The molecule has 0 bridgehead atoms. The Morgan fingerprint density at radius 1 is 1.00 bits per heavy atom. The molecule has 0 aromatic heterocycles. The fraction of sp³-hybridized carbons (Fsp3) is 0.391. The molecule has 0 saturated carbocycles. The highest BCUT2D eigenvalue weighted by Crippen LogP contribution is 2.24. The van der Waals surface area contributed by atoms with Gasteiger partial charge in [-0.25, -0.2) is 0 Å². The van der Waals surface area contributed by atoms with Gasteiger partial charge in [0.1, 0.15) is 5.75 Å². The Labute approximate surface area is 167 Å². The van der Waals surface area contributed by atoms with Crippen LogP contribution in [-0.2, 0) is 19.7 Å². The van der Waals surface area contributed by atoms with Gasteiger partial charge in [0.25, 0.3) is 5.91 Å². The number of hydrogen-bond acceptors (Lipinski definition) is 4. The van der Waals surface area contributed by atoms with Crippen LogP contribution in [0.5, 0.6) is 5.75 Å². The molecule has 0 aliphatic rings. The SMILES string of the molecule is Cc1ccc(C)c(NC(=O)COC(=O)CCOc2ccc(C(C)(C)C)cc2)c1. The highest BCUT2D eigenvalue weighted by atomic mass is 16.5. The molecule has 0 unspecified atom stereocenters. The van der Waals surface area contributed by atoms with E-state index < -0.39 is 5.97 Å². The fourth-order valence-electron chi connectivity index (χ4n) is 2.58. The van der Waals surface area contributed by atoms with E-state index in [-0.39, 0.29) is 31.0 Å². The van der Waals surface area contributed by atoms with Crippen LogP contribution in [0.1, 0.15) is 43.9 Å². The zero-order valence-electron chi connectivity index (χ0n) is 17.3. The number of anilines is 1. The molecule has 150 valence electrons. The van der Waals surface area contributed by atoms with E-state index in [1.165, 1.54) is 5.56 Å². The largest absolute Gasteiger partial charge is 0.493 e. The summed E-state index contributed by atoms with van der Waals surface area (Å²) >= 11 is 0. The molecule has 2 rings (SSSR count). The van der Waals surface area contributed by atoms with Gasteiger partial charge in [0, 0.05) is 5.69 Å². The summed E-state index contributed by atoms with van der Waals surface area (Å²) in [4.78, 5) is 23.8. The van der Waals surface area contributed by atoms with Gasteiger partial charge in [-0.1, -0.05) is 45.0 Å². The number of aryl methyl sites for hydroxylation is 2. The molecule has 0 heterocycles. The van der Waals surface area contributed by atoms with Crippen molar-refractivity contribution in [1.82, 2.24) is 0 Å². The predicted octanol–water partition coefficient (Wildman–Crippen LogP) is 4.55. The second-order valence-electron chi connectivity index (χ2n) is 7.90. The minimum atomic E-state index is -0.470. The highest BCUT2D eigenvalue weighted by molar-refractivity contribution is 5.93. The standard InChI is InChI=1S/C23H29NO4/c1-16-6-7-17(2)20(14-16)24-21(25)15-28-22(26)12-13-27-19-10-8-18(9-11-19)23(3,4)5/h6-11,14H,12-13,15H2,1-5H3,(H,24,25). The normalized spacial score (nSPS) is 11.0. The van der Waals surface area contributed by atoms with Crippen LogP contribution >= 0.6 is 0 Å². The number of ether oxygens (including phenoxy) is 2. The van der Waals surface area contributed by atoms with Crippen molar-refractivity contribution >= 4 is 17.6 Å². The molecule has 0 fully saturated rings. The number of amides is 1. The third kappa shape index (κ3) is 6.72. The first-order valence-corrected chi connectivity index (χ1v) is 9.41. The summed E-state index contributed by atoms with van der Waals surface area (Å²) in [6.45, 7) is 10.2. The maximum absolute atomic E-state index is 12.0. The van der Waals surface area contributed by atoms with Gasteiger partial charge in [-0.05, 0) is 54.2 Å². The van der Waals surface area contributed by atoms with E-state index in [9.17, 15) is 9.59 Å². The lowest BCUT2D eigenvalue weighted by atomic mass is 9.87. The number of rotatable bonds is 7. The molecule has 0 spiro atoms. The second kappa shape index (κ2) is 9.40. The van der Waals surface area contributed by atoms with Crippen molar-refractivity contribution in [1.29, 1.82) is 0 Å². The van der Waals surface area contributed by atoms with Crippen molar-refractivity contribution in [3.8, 4) is 5.75 Å². The predicted molar refractivity (Wildman–Crippen MR) is 111 cm³/mol. The topological polar surface area (TPSA) is 64.6 Å². The van der Waals surface area contributed by atoms with Gasteiger partial charge in [-0.3, -0.25) is 9.59 Å². The molecule has 1 N–H and O–H groups in total. The Hall–Kier alpha value is -2.82. The van der Waals surface area contributed by atoms with Gasteiger partial charge in [0.2, 0.25) is 0 Å². The van der Waals surface area contributed by atoms with Crippen LogP contribution in [0.2, 0.25) is 0 Å². The summed E-state index contributed by atoms with van der Waals surface area (Å²) in [7, 11) is 0. The third-order valence-corrected chi connectivity index (χ3v) is 4.33. The molecule has 0 aliphatic carbocycles. The number of carbonyl (C=O) groups excluding carboxylic acids is 2. The molecule has 5 heteroatoms. The quantitative estimate of drug-likeness (QED) is 0.712. The number of carbonyl (C=O) groups is 2. The molecule has 0 aliphatic heterocycles. The van der Waals surface area contributed by atoms with Gasteiger partial charge in [-0.15, -0.1) is 0 Å². The zero-order chi connectivity index (χ0) is 20.7. The minimum absolute atomic E-state index is 0.0811. The molecule has 5 nitrogen and oxygen atoms in total. The van der Waals surface area contributed by atoms with E-state index in [1.54, 1.807) is 0 Å². The van der Waals surface area contributed by atoms with E-state index in [0.29, 0.717) is 5.75 Å². The molecule has 0 radical (unpaired) electrons. The average molecular weight is 383 g/mol. The molecular formula is C23H29NO4. The first-order chi connectivity index (χ1) is 13.1. The van der Waals surface area contributed by atoms with E-state index in [0.717, 1.165) is 16.8 Å². The van der Waals surface area contributed by atoms with Gasteiger partial charge in [0.05, 0.1) is 13.0 Å². The van der Waals surface area contributed by atoms with Crippen LogP contribution in [0.15, 0.2) is 42.5 Å². The van der Waals surface area contributed by atoms with Crippen LogP contribution in [-0.4, -0.2) is 25.1 Å². The van der Waals surface area contributed by atoms with Crippen LogP contribution in [0.3, 0.4) is 0 Å². The zero-order valence-corrected chi connectivity index (χ0v) is 17.3. The monoisotopic (exact) mass is 383 g/mol. The lowest BCUT2D eigenvalue weighted by Crippen LogP contribution is -2.22. The second-order valence-corrected chi connectivity index (χ2v) is 7.90. The maximum Gasteiger partial charge on any atom is 0.309 e. The summed E-state index contributed by atoms with van der Waals surface area (Å²) in [6.07, 6.45) is 0.0811. The van der Waals surface area contributed by atoms with Crippen molar-refractivity contribution in [3.63, 3.8) is 0 Å². The minimum Gasteiger partial charge on any atom is -0.493 e. The van der Waals surface area contributed by atoms with Crippen LogP contribution in [0, 0.1) is 13.8 Å². The smallest absolute Gasteiger partial charge is 0.309 e. The molecule has 1 amide bonds. The average Bonchev–Trinajstić information content (AvgIpc) is 2.63. The number of esters is 1. The lowest BCUT2D eigenvalue weighted by molar-refractivity contribution is -0.147. The number of benzene rings is 2. The van der Waals surface area contributed by atoms with Crippen molar-refractivity contribution in [2.75, 3.05) is 18.5 Å². The van der Waals surface area contributed by atoms with Gasteiger partial charge in [-0.2, -0.15) is 0 Å². The van der Waals surface area contributed by atoms with E-state index in [1.807, 2.05) is 56.3 Å². The first-order valence-electron chi connectivity index (χ1n) is 9.41. The lowest BCUT2D eigenvalue weighted by Gasteiger charge is -2.19. The van der Waals surface area contributed by atoms with Crippen molar-refractivity contribution < 1.29 is 19.1 Å². The maximum atomic E-state index is 12.0. The van der Waals surface area contributed by atoms with Crippen LogP contribution < -0.4 is 10.1 Å². The number of hydrogen-bond donors (Lipinski definition) is 1. The molecular weight excluding hydrogens is 354 g/mol. The Bertz CT molecular complexity index is 819. The van der Waals surface area contributed by atoms with Crippen molar-refractivity contribution in [3.05, 3.63) is 59.2 Å². The van der Waals surface area contributed by atoms with E-state index in [4.69, 9.17) is 9.47 Å². The van der Waals surface area contributed by atoms with E-state index in [2.05, 4.69) is 26.1 Å². The summed E-state index contributed by atoms with van der Waals surface area (Å²) in [5.41, 5.74) is 4.03. The summed E-state index contributed by atoms with van der Waals surface area (Å²) in [5, 5.41) is 2.76. The summed E-state index contributed by atoms with van der Waals surface area (Å²) < 4.78 is 10.6. The van der Waals surface area contributed by atoms with Gasteiger partial charge >= 0.3 is 5.97 Å². The Balaban J connectivity index is 1.71. The Morgan fingerprint density at radius 2 is 1.68 bits per heavy atom. The van der Waals surface area contributed by atoms with Crippen LogP contribution in [0.25, 0.3) is 0 Å². The first kappa shape index (κ1) is 21.5. The molecule has 0 atom stereocenters. The summed E-state index contributed by atoms with van der Waals surface area (Å²) in [6, 6.07) is 13.6. The third-order valence-electron chi connectivity index (χ3n) is 4.33. The highest BCUT2D eigenvalue weighted by Gasteiger charge is 2.13. The number of nitrogens with one attached hydrogen (secondary N) is 1. The van der Waals surface area contributed by atoms with Crippen molar-refractivity contribution in [2.24, 2.45) is 0 Å². The molecule has 28 heavy (non-hydrogen) atoms. The summed E-state index contributed by atoms with van der Waals surface area (Å²) in [5.74, 6) is -0.128. The van der Waals surface area contributed by atoms with Crippen molar-refractivity contribution in [2.45, 2.75) is 46.5 Å². The van der Waals surface area contributed by atoms with Crippen LogP contribution in [0.4, 0.5) is 5.69 Å². The molecule has 2 aromatic carbocycles. The Kier molecular flexibility index (Phi) is 7.21.